The van der Waals surface area contributed by atoms with Crippen LogP contribution in [-0.4, -0.2) is 37.0 Å². The van der Waals surface area contributed by atoms with Crippen LogP contribution in [0.3, 0.4) is 0 Å². The summed E-state index contributed by atoms with van der Waals surface area (Å²) < 4.78 is 12.5. The van der Waals surface area contributed by atoms with Crippen LogP contribution in [-0.2, 0) is 9.47 Å². The van der Waals surface area contributed by atoms with Gasteiger partial charge in [0.1, 0.15) is 0 Å². The van der Waals surface area contributed by atoms with Crippen molar-refractivity contribution in [3.8, 4) is 0 Å². The molecule has 2 aliphatic rings. The highest BCUT2D eigenvalue weighted by Gasteiger charge is 2.37. The smallest absolute Gasteiger partial charge is 0.0810 e. The van der Waals surface area contributed by atoms with E-state index in [1.54, 1.807) is 0 Å². The van der Waals surface area contributed by atoms with Crippen LogP contribution in [0.15, 0.2) is 0 Å². The second-order valence-corrected chi connectivity index (χ2v) is 6.89. The first-order valence-electron chi connectivity index (χ1n) is 8.67. The van der Waals surface area contributed by atoms with E-state index in [9.17, 15) is 0 Å². The molecule has 3 nitrogen and oxygen atoms in total. The Bertz CT molecular complexity index is 266. The molecule has 2 atom stereocenters. The molecule has 0 aromatic heterocycles. The lowest BCUT2D eigenvalue weighted by molar-refractivity contribution is -0.166. The number of ether oxygens (including phenoxy) is 2. The second kappa shape index (κ2) is 7.77. The molecule has 2 fully saturated rings. The summed E-state index contributed by atoms with van der Waals surface area (Å²) in [6.07, 6.45) is 10.8. The van der Waals surface area contributed by atoms with Crippen molar-refractivity contribution in [2.75, 3.05) is 13.1 Å². The summed E-state index contributed by atoms with van der Waals surface area (Å²) in [4.78, 5) is 0. The van der Waals surface area contributed by atoms with Crippen LogP contribution in [0.4, 0.5) is 0 Å². The molecule has 0 aromatic rings. The molecule has 1 saturated heterocycles. The van der Waals surface area contributed by atoms with E-state index in [1.807, 2.05) is 0 Å². The average Bonchev–Trinajstić information content (AvgIpc) is 2.38. The van der Waals surface area contributed by atoms with Gasteiger partial charge in [-0.05, 0) is 52.5 Å². The van der Waals surface area contributed by atoms with Crippen molar-refractivity contribution in [3.05, 3.63) is 0 Å². The third kappa shape index (κ3) is 4.71. The maximum atomic E-state index is 6.66. The van der Waals surface area contributed by atoms with Crippen LogP contribution in [0, 0.1) is 0 Å². The Morgan fingerprint density at radius 2 is 1.75 bits per heavy atom. The SMILES string of the molecule is CCCNCC1(OC2CC(C)OC(C)C2)CCCCC1. The Kier molecular flexibility index (Phi) is 6.31. The standard InChI is InChI=1S/C17H33NO2/c1-4-10-18-13-17(8-6-5-7-9-17)20-16-11-14(2)19-15(3)12-16/h14-16,18H,4-13H2,1-3H3. The van der Waals surface area contributed by atoms with Crippen LogP contribution in [0.2, 0.25) is 0 Å². The minimum Gasteiger partial charge on any atom is -0.375 e. The first-order valence-corrected chi connectivity index (χ1v) is 8.67. The maximum absolute atomic E-state index is 6.66. The molecule has 0 radical (unpaired) electrons. The number of rotatable bonds is 6. The molecule has 1 aliphatic carbocycles. The van der Waals surface area contributed by atoms with Gasteiger partial charge in [0.05, 0.1) is 23.9 Å². The Morgan fingerprint density at radius 3 is 2.35 bits per heavy atom. The van der Waals surface area contributed by atoms with Crippen molar-refractivity contribution >= 4 is 0 Å². The number of nitrogens with one attached hydrogen (secondary N) is 1. The van der Waals surface area contributed by atoms with Crippen LogP contribution in [0.5, 0.6) is 0 Å². The second-order valence-electron chi connectivity index (χ2n) is 6.89. The van der Waals surface area contributed by atoms with E-state index in [4.69, 9.17) is 9.47 Å². The van der Waals surface area contributed by atoms with Crippen molar-refractivity contribution in [3.63, 3.8) is 0 Å². The van der Waals surface area contributed by atoms with Crippen molar-refractivity contribution in [2.45, 2.75) is 96.1 Å². The molecule has 3 heteroatoms. The van der Waals surface area contributed by atoms with Gasteiger partial charge in [0.2, 0.25) is 0 Å². The molecular weight excluding hydrogens is 250 g/mol. The lowest BCUT2D eigenvalue weighted by Gasteiger charge is -2.43. The summed E-state index contributed by atoms with van der Waals surface area (Å²) in [7, 11) is 0. The first kappa shape index (κ1) is 16.3. The summed E-state index contributed by atoms with van der Waals surface area (Å²) in [6, 6.07) is 0. The number of hydrogen-bond donors (Lipinski definition) is 1. The Morgan fingerprint density at radius 1 is 1.10 bits per heavy atom. The third-order valence-corrected chi connectivity index (χ3v) is 4.71. The van der Waals surface area contributed by atoms with Crippen LogP contribution < -0.4 is 5.32 Å². The molecule has 118 valence electrons. The summed E-state index contributed by atoms with van der Waals surface area (Å²) in [5, 5.41) is 3.60. The lowest BCUT2D eigenvalue weighted by atomic mass is 9.84. The number of hydrogen-bond acceptors (Lipinski definition) is 3. The van der Waals surface area contributed by atoms with Gasteiger partial charge in [-0.2, -0.15) is 0 Å². The highest BCUT2D eigenvalue weighted by Crippen LogP contribution is 2.35. The minimum atomic E-state index is 0.0921. The summed E-state index contributed by atoms with van der Waals surface area (Å²) >= 11 is 0. The topological polar surface area (TPSA) is 30.5 Å². The molecule has 2 rings (SSSR count). The van der Waals surface area contributed by atoms with Gasteiger partial charge in [-0.15, -0.1) is 0 Å². The zero-order chi connectivity index (χ0) is 14.4. The van der Waals surface area contributed by atoms with Crippen LogP contribution in [0.25, 0.3) is 0 Å². The zero-order valence-corrected chi connectivity index (χ0v) is 13.6. The highest BCUT2D eigenvalue weighted by atomic mass is 16.5. The van der Waals surface area contributed by atoms with Gasteiger partial charge in [0, 0.05) is 6.54 Å². The first-order chi connectivity index (χ1) is 9.63. The fourth-order valence-corrected chi connectivity index (χ4v) is 3.82. The fourth-order valence-electron chi connectivity index (χ4n) is 3.82. The third-order valence-electron chi connectivity index (χ3n) is 4.71. The van der Waals surface area contributed by atoms with Crippen LogP contribution >= 0.6 is 0 Å². The van der Waals surface area contributed by atoms with Gasteiger partial charge in [0.25, 0.3) is 0 Å². The predicted octanol–water partition coefficient (Wildman–Crippen LogP) is 3.66. The summed E-state index contributed by atoms with van der Waals surface area (Å²) in [6.45, 7) is 8.71. The van der Waals surface area contributed by atoms with E-state index in [-0.39, 0.29) is 5.60 Å². The van der Waals surface area contributed by atoms with E-state index in [1.165, 1.54) is 38.5 Å². The lowest BCUT2D eigenvalue weighted by Crippen LogP contribution is -2.49. The average molecular weight is 283 g/mol. The molecule has 2 unspecified atom stereocenters. The van der Waals surface area contributed by atoms with E-state index >= 15 is 0 Å². The van der Waals surface area contributed by atoms with Crippen molar-refractivity contribution in [2.24, 2.45) is 0 Å². The molecule has 1 N–H and O–H groups in total. The van der Waals surface area contributed by atoms with Crippen LogP contribution in [0.1, 0.15) is 72.1 Å². The van der Waals surface area contributed by atoms with Gasteiger partial charge < -0.3 is 14.8 Å². The summed E-state index contributed by atoms with van der Waals surface area (Å²) in [5.41, 5.74) is 0.0921. The molecular formula is C17H33NO2. The van der Waals surface area contributed by atoms with Gasteiger partial charge >= 0.3 is 0 Å². The predicted molar refractivity (Wildman–Crippen MR) is 83.1 cm³/mol. The largest absolute Gasteiger partial charge is 0.375 e. The normalized spacial score (nSPS) is 34.0. The maximum Gasteiger partial charge on any atom is 0.0810 e. The molecule has 0 bridgehead atoms. The monoisotopic (exact) mass is 283 g/mol. The van der Waals surface area contributed by atoms with E-state index in [0.29, 0.717) is 18.3 Å². The van der Waals surface area contributed by atoms with Gasteiger partial charge in [0.15, 0.2) is 0 Å². The molecule has 1 saturated carbocycles. The van der Waals surface area contributed by atoms with Crippen molar-refractivity contribution in [1.82, 2.24) is 5.32 Å². The van der Waals surface area contributed by atoms with Crippen molar-refractivity contribution in [1.29, 1.82) is 0 Å². The Labute approximate surface area is 124 Å². The molecule has 0 spiro atoms. The van der Waals surface area contributed by atoms with Gasteiger partial charge in [-0.3, -0.25) is 0 Å². The zero-order valence-electron chi connectivity index (χ0n) is 13.6. The van der Waals surface area contributed by atoms with E-state index in [2.05, 4.69) is 26.1 Å². The Hall–Kier alpha value is -0.120. The fraction of sp³-hybridized carbons (Fsp3) is 1.00. The molecule has 0 aromatic carbocycles. The molecule has 0 amide bonds. The van der Waals surface area contributed by atoms with Gasteiger partial charge in [-0.1, -0.05) is 26.2 Å². The van der Waals surface area contributed by atoms with E-state index in [0.717, 1.165) is 25.9 Å². The Balaban J connectivity index is 1.92. The van der Waals surface area contributed by atoms with Gasteiger partial charge in [-0.25, -0.2) is 0 Å². The summed E-state index contributed by atoms with van der Waals surface area (Å²) in [5.74, 6) is 0. The van der Waals surface area contributed by atoms with E-state index < -0.39 is 0 Å². The minimum absolute atomic E-state index is 0.0921. The quantitative estimate of drug-likeness (QED) is 0.755. The molecule has 20 heavy (non-hydrogen) atoms. The highest BCUT2D eigenvalue weighted by molar-refractivity contribution is 4.89. The molecule has 1 heterocycles. The van der Waals surface area contributed by atoms with Crippen molar-refractivity contribution < 1.29 is 9.47 Å². The molecule has 1 aliphatic heterocycles.